The Labute approximate surface area is 152 Å². The van der Waals surface area contributed by atoms with E-state index in [4.69, 9.17) is 4.74 Å². The highest BCUT2D eigenvalue weighted by atomic mass is 16.5. The van der Waals surface area contributed by atoms with Crippen LogP contribution in [0.4, 0.5) is 0 Å². The van der Waals surface area contributed by atoms with Gasteiger partial charge >= 0.3 is 0 Å². The van der Waals surface area contributed by atoms with Crippen LogP contribution in [0.2, 0.25) is 0 Å². The Morgan fingerprint density at radius 3 is 3.08 bits per heavy atom. The number of rotatable bonds is 4. The molecular formula is C20H22N4O2. The van der Waals surface area contributed by atoms with Crippen molar-refractivity contribution < 1.29 is 9.53 Å². The van der Waals surface area contributed by atoms with E-state index in [1.807, 2.05) is 43.0 Å². The maximum absolute atomic E-state index is 13.2. The van der Waals surface area contributed by atoms with Gasteiger partial charge in [0.05, 0.1) is 23.9 Å². The summed E-state index contributed by atoms with van der Waals surface area (Å²) >= 11 is 0. The Morgan fingerprint density at radius 1 is 1.38 bits per heavy atom. The molecule has 1 unspecified atom stereocenters. The van der Waals surface area contributed by atoms with Gasteiger partial charge in [-0.05, 0) is 38.8 Å². The standard InChI is InChI=1S/C20H22N4O2/c1-3-26-18-9-5-4-7-15(18)17-8-6-10-24(17)20(25)14-11-16-13(2)22-23-19(16)21-12-14/h4-5,7,9,11-12,17H,3,6,8,10H2,1-2H3,(H,21,22,23). The van der Waals surface area contributed by atoms with Gasteiger partial charge in [0.1, 0.15) is 5.75 Å². The largest absolute Gasteiger partial charge is 0.494 e. The van der Waals surface area contributed by atoms with Gasteiger partial charge < -0.3 is 9.64 Å². The summed E-state index contributed by atoms with van der Waals surface area (Å²) in [5, 5.41) is 7.93. The number of nitrogens with zero attached hydrogens (tertiary/aromatic N) is 3. The van der Waals surface area contributed by atoms with E-state index in [0.29, 0.717) is 17.8 Å². The fourth-order valence-corrected chi connectivity index (χ4v) is 3.69. The number of ether oxygens (including phenoxy) is 1. The van der Waals surface area contributed by atoms with Gasteiger partial charge in [-0.3, -0.25) is 9.89 Å². The maximum Gasteiger partial charge on any atom is 0.255 e. The summed E-state index contributed by atoms with van der Waals surface area (Å²) in [5.41, 5.74) is 3.23. The number of nitrogens with one attached hydrogen (secondary N) is 1. The predicted molar refractivity (Wildman–Crippen MR) is 99.2 cm³/mol. The van der Waals surface area contributed by atoms with Crippen molar-refractivity contribution in [3.63, 3.8) is 0 Å². The first-order valence-corrected chi connectivity index (χ1v) is 9.02. The van der Waals surface area contributed by atoms with Crippen LogP contribution in [0, 0.1) is 6.92 Å². The number of carbonyl (C=O) groups excluding carboxylic acids is 1. The molecule has 134 valence electrons. The number of likely N-dealkylation sites (tertiary alicyclic amines) is 1. The van der Waals surface area contributed by atoms with Crippen LogP contribution in [0.5, 0.6) is 5.75 Å². The van der Waals surface area contributed by atoms with Crippen LogP contribution in [0.3, 0.4) is 0 Å². The second-order valence-corrected chi connectivity index (χ2v) is 6.56. The highest BCUT2D eigenvalue weighted by Gasteiger charge is 2.32. The van der Waals surface area contributed by atoms with Crippen LogP contribution < -0.4 is 4.74 Å². The van der Waals surface area contributed by atoms with E-state index in [9.17, 15) is 4.79 Å². The molecule has 26 heavy (non-hydrogen) atoms. The lowest BCUT2D eigenvalue weighted by molar-refractivity contribution is 0.0733. The Kier molecular flexibility index (Phi) is 4.32. The van der Waals surface area contributed by atoms with E-state index in [0.717, 1.165) is 41.8 Å². The molecule has 6 nitrogen and oxygen atoms in total. The van der Waals surface area contributed by atoms with Gasteiger partial charge in [-0.25, -0.2) is 4.98 Å². The third kappa shape index (κ3) is 2.81. The van der Waals surface area contributed by atoms with Crippen molar-refractivity contribution in [2.75, 3.05) is 13.2 Å². The first-order valence-electron chi connectivity index (χ1n) is 9.02. The number of fused-ring (bicyclic) bond motifs is 1. The quantitative estimate of drug-likeness (QED) is 0.780. The van der Waals surface area contributed by atoms with Crippen molar-refractivity contribution in [3.05, 3.63) is 53.3 Å². The van der Waals surface area contributed by atoms with Crippen molar-refractivity contribution in [1.29, 1.82) is 0 Å². The van der Waals surface area contributed by atoms with Gasteiger partial charge in [0.25, 0.3) is 5.91 Å². The smallest absolute Gasteiger partial charge is 0.255 e. The summed E-state index contributed by atoms with van der Waals surface area (Å²) < 4.78 is 5.78. The second-order valence-electron chi connectivity index (χ2n) is 6.56. The van der Waals surface area contributed by atoms with Crippen molar-refractivity contribution in [3.8, 4) is 5.75 Å². The zero-order chi connectivity index (χ0) is 18.1. The molecule has 2 aromatic heterocycles. The second kappa shape index (κ2) is 6.78. The summed E-state index contributed by atoms with van der Waals surface area (Å²) in [6.07, 6.45) is 3.56. The minimum Gasteiger partial charge on any atom is -0.494 e. The molecule has 3 aromatic rings. The number of carbonyl (C=O) groups is 1. The number of amides is 1. The molecule has 6 heteroatoms. The summed E-state index contributed by atoms with van der Waals surface area (Å²) in [6, 6.07) is 9.92. The molecular weight excluding hydrogens is 328 g/mol. The van der Waals surface area contributed by atoms with Crippen LogP contribution in [0.25, 0.3) is 11.0 Å². The van der Waals surface area contributed by atoms with Gasteiger partial charge in [-0.2, -0.15) is 5.10 Å². The first-order chi connectivity index (χ1) is 12.7. The number of H-pyrrole nitrogens is 1. The predicted octanol–water partition coefficient (Wildman–Crippen LogP) is 3.64. The van der Waals surface area contributed by atoms with Gasteiger partial charge in [0.15, 0.2) is 5.65 Å². The maximum atomic E-state index is 13.2. The topological polar surface area (TPSA) is 71.1 Å². The lowest BCUT2D eigenvalue weighted by Crippen LogP contribution is -2.30. The lowest BCUT2D eigenvalue weighted by Gasteiger charge is -2.26. The molecule has 1 saturated heterocycles. The van der Waals surface area contributed by atoms with E-state index in [1.54, 1.807) is 6.20 Å². The number of hydrogen-bond donors (Lipinski definition) is 1. The zero-order valence-electron chi connectivity index (χ0n) is 15.0. The number of para-hydroxylation sites is 1. The summed E-state index contributed by atoms with van der Waals surface area (Å²) in [5.74, 6) is 0.868. The summed E-state index contributed by atoms with van der Waals surface area (Å²) in [6.45, 7) is 5.23. The number of aryl methyl sites for hydroxylation is 1. The monoisotopic (exact) mass is 350 g/mol. The molecule has 1 aromatic carbocycles. The number of pyridine rings is 1. The third-order valence-corrected chi connectivity index (χ3v) is 4.95. The van der Waals surface area contributed by atoms with E-state index in [2.05, 4.69) is 21.2 Å². The Hall–Kier alpha value is -2.89. The Morgan fingerprint density at radius 2 is 2.23 bits per heavy atom. The Balaban J connectivity index is 1.67. The number of aromatic nitrogens is 3. The average molecular weight is 350 g/mol. The molecule has 0 saturated carbocycles. The van der Waals surface area contributed by atoms with E-state index in [1.165, 1.54) is 0 Å². The van der Waals surface area contributed by atoms with E-state index >= 15 is 0 Å². The minimum absolute atomic E-state index is 0.00815. The van der Waals surface area contributed by atoms with Crippen LogP contribution in [0.15, 0.2) is 36.5 Å². The van der Waals surface area contributed by atoms with Crippen LogP contribution >= 0.6 is 0 Å². The molecule has 4 rings (SSSR count). The minimum atomic E-state index is 0.00815. The summed E-state index contributed by atoms with van der Waals surface area (Å²) in [4.78, 5) is 19.5. The fourth-order valence-electron chi connectivity index (χ4n) is 3.69. The van der Waals surface area contributed by atoms with Gasteiger partial charge in [-0.1, -0.05) is 18.2 Å². The molecule has 0 aliphatic carbocycles. The molecule has 1 N–H and O–H groups in total. The average Bonchev–Trinajstić information content (AvgIpc) is 3.29. The lowest BCUT2D eigenvalue weighted by atomic mass is 10.0. The van der Waals surface area contributed by atoms with Gasteiger partial charge in [0.2, 0.25) is 0 Å². The highest BCUT2D eigenvalue weighted by Crippen LogP contribution is 2.38. The first kappa shape index (κ1) is 16.6. The van der Waals surface area contributed by atoms with E-state index < -0.39 is 0 Å². The number of benzene rings is 1. The fraction of sp³-hybridized carbons (Fsp3) is 0.350. The van der Waals surface area contributed by atoms with Gasteiger partial charge in [0, 0.05) is 23.7 Å². The van der Waals surface area contributed by atoms with Crippen molar-refractivity contribution in [2.24, 2.45) is 0 Å². The highest BCUT2D eigenvalue weighted by molar-refractivity contribution is 5.97. The van der Waals surface area contributed by atoms with Crippen LogP contribution in [-0.2, 0) is 0 Å². The van der Waals surface area contributed by atoms with Crippen molar-refractivity contribution in [1.82, 2.24) is 20.1 Å². The molecule has 1 amide bonds. The summed E-state index contributed by atoms with van der Waals surface area (Å²) in [7, 11) is 0. The molecule has 3 heterocycles. The molecule has 1 aliphatic heterocycles. The number of hydrogen-bond acceptors (Lipinski definition) is 4. The number of aromatic amines is 1. The normalized spacial score (nSPS) is 17.0. The van der Waals surface area contributed by atoms with Crippen LogP contribution in [-0.4, -0.2) is 39.1 Å². The molecule has 0 bridgehead atoms. The molecule has 0 radical (unpaired) electrons. The molecule has 0 spiro atoms. The molecule has 1 atom stereocenters. The zero-order valence-corrected chi connectivity index (χ0v) is 15.0. The van der Waals surface area contributed by atoms with Crippen molar-refractivity contribution in [2.45, 2.75) is 32.7 Å². The van der Waals surface area contributed by atoms with Gasteiger partial charge in [-0.15, -0.1) is 0 Å². The van der Waals surface area contributed by atoms with Crippen LogP contribution in [0.1, 0.15) is 47.4 Å². The van der Waals surface area contributed by atoms with E-state index in [-0.39, 0.29) is 11.9 Å². The molecule has 1 fully saturated rings. The third-order valence-electron chi connectivity index (χ3n) is 4.95. The SMILES string of the molecule is CCOc1ccccc1C1CCCN1C(=O)c1cnc2[nH]nc(C)c2c1. The Bertz CT molecular complexity index is 950. The molecule has 1 aliphatic rings. The van der Waals surface area contributed by atoms with Crippen molar-refractivity contribution >= 4 is 16.9 Å².